The molecule has 0 aromatic heterocycles. The second-order valence-electron chi connectivity index (χ2n) is 4.77. The van der Waals surface area contributed by atoms with E-state index in [-0.39, 0.29) is 0 Å². The van der Waals surface area contributed by atoms with Crippen LogP contribution in [0, 0.1) is 5.92 Å². The molecule has 1 rings (SSSR count). The van der Waals surface area contributed by atoms with Crippen molar-refractivity contribution in [2.45, 2.75) is 45.1 Å². The Morgan fingerprint density at radius 2 is 2.25 bits per heavy atom. The van der Waals surface area contributed by atoms with Crippen LogP contribution < -0.4 is 5.32 Å². The van der Waals surface area contributed by atoms with Gasteiger partial charge in [-0.05, 0) is 30.9 Å². The zero-order valence-electron chi connectivity index (χ0n) is 10.8. The largest absolute Gasteiger partial charge is 0.383 e. The van der Waals surface area contributed by atoms with Gasteiger partial charge in [-0.2, -0.15) is 11.8 Å². The number of thioether (sulfide) groups is 1. The smallest absolute Gasteiger partial charge is 0.0615 e. The van der Waals surface area contributed by atoms with Crippen molar-refractivity contribution in [3.63, 3.8) is 0 Å². The molecule has 0 amide bonds. The van der Waals surface area contributed by atoms with E-state index in [4.69, 9.17) is 4.74 Å². The van der Waals surface area contributed by atoms with Crippen molar-refractivity contribution < 1.29 is 4.74 Å². The van der Waals surface area contributed by atoms with Gasteiger partial charge in [-0.3, -0.25) is 0 Å². The van der Waals surface area contributed by atoms with Crippen LogP contribution in [0.3, 0.4) is 0 Å². The molecule has 1 unspecified atom stereocenters. The summed E-state index contributed by atoms with van der Waals surface area (Å²) >= 11 is 2.10. The van der Waals surface area contributed by atoms with Gasteiger partial charge >= 0.3 is 0 Å². The highest BCUT2D eigenvalue weighted by molar-refractivity contribution is 7.99. The third kappa shape index (κ3) is 7.53. The van der Waals surface area contributed by atoms with E-state index in [1.807, 2.05) is 0 Å². The molecule has 1 aliphatic rings. The maximum Gasteiger partial charge on any atom is 0.0615 e. The van der Waals surface area contributed by atoms with Gasteiger partial charge in [0.25, 0.3) is 0 Å². The summed E-state index contributed by atoms with van der Waals surface area (Å²) in [5, 5.41) is 3.60. The lowest BCUT2D eigenvalue weighted by Gasteiger charge is -2.17. The van der Waals surface area contributed by atoms with Crippen molar-refractivity contribution in [1.82, 2.24) is 5.32 Å². The summed E-state index contributed by atoms with van der Waals surface area (Å²) in [6, 6.07) is 0.562. The fourth-order valence-corrected chi connectivity index (χ4v) is 2.86. The molecule has 0 spiro atoms. The Labute approximate surface area is 105 Å². The summed E-state index contributed by atoms with van der Waals surface area (Å²) in [7, 11) is 1.79. The van der Waals surface area contributed by atoms with Crippen LogP contribution in [0.5, 0.6) is 0 Å². The van der Waals surface area contributed by atoms with Gasteiger partial charge in [-0.1, -0.05) is 19.8 Å². The summed E-state index contributed by atoms with van der Waals surface area (Å²) in [5.74, 6) is 3.69. The van der Waals surface area contributed by atoms with Gasteiger partial charge in [0.2, 0.25) is 0 Å². The number of hydrogen-bond donors (Lipinski definition) is 1. The Morgan fingerprint density at radius 1 is 1.44 bits per heavy atom. The quantitative estimate of drug-likeness (QED) is 0.566. The lowest BCUT2D eigenvalue weighted by Crippen LogP contribution is -2.34. The predicted octanol–water partition coefficient (Wildman–Crippen LogP) is 2.92. The van der Waals surface area contributed by atoms with Crippen LogP contribution in [-0.4, -0.2) is 37.8 Å². The Hall–Kier alpha value is 0.270. The zero-order valence-corrected chi connectivity index (χ0v) is 11.7. The molecule has 16 heavy (non-hydrogen) atoms. The topological polar surface area (TPSA) is 21.3 Å². The average molecular weight is 245 g/mol. The van der Waals surface area contributed by atoms with Gasteiger partial charge in [0, 0.05) is 25.4 Å². The maximum absolute atomic E-state index is 5.24. The third-order valence-corrected chi connectivity index (χ3v) is 4.20. The molecule has 0 saturated heterocycles. The van der Waals surface area contributed by atoms with Crippen molar-refractivity contribution in [2.24, 2.45) is 5.92 Å². The van der Waals surface area contributed by atoms with Gasteiger partial charge in [0.1, 0.15) is 0 Å². The molecule has 1 fully saturated rings. The molecule has 0 bridgehead atoms. The lowest BCUT2D eigenvalue weighted by molar-refractivity contribution is 0.162. The first kappa shape index (κ1) is 14.3. The number of unbranched alkanes of at least 4 members (excludes halogenated alkanes) is 1. The SMILES string of the molecule is CCCCC(COC)NCCSCC1CC1. The minimum atomic E-state index is 0.562. The molecule has 96 valence electrons. The van der Waals surface area contributed by atoms with E-state index in [1.54, 1.807) is 7.11 Å². The summed E-state index contributed by atoms with van der Waals surface area (Å²) in [6.45, 7) is 4.23. The average Bonchev–Trinajstić information content (AvgIpc) is 3.09. The first-order valence-electron chi connectivity index (χ1n) is 6.66. The maximum atomic E-state index is 5.24. The van der Waals surface area contributed by atoms with Gasteiger partial charge < -0.3 is 10.1 Å². The number of hydrogen-bond acceptors (Lipinski definition) is 3. The highest BCUT2D eigenvalue weighted by Crippen LogP contribution is 2.32. The van der Waals surface area contributed by atoms with E-state index in [0.717, 1.165) is 19.1 Å². The second kappa shape index (κ2) is 9.32. The highest BCUT2D eigenvalue weighted by atomic mass is 32.2. The van der Waals surface area contributed by atoms with Crippen LogP contribution in [0.1, 0.15) is 39.0 Å². The molecular formula is C13H27NOS. The Balaban J connectivity index is 1.92. The van der Waals surface area contributed by atoms with E-state index in [1.165, 1.54) is 43.6 Å². The minimum Gasteiger partial charge on any atom is -0.383 e. The molecule has 0 heterocycles. The molecule has 1 aliphatic carbocycles. The van der Waals surface area contributed by atoms with E-state index in [0.29, 0.717) is 6.04 Å². The molecule has 3 heteroatoms. The summed E-state index contributed by atoms with van der Waals surface area (Å²) < 4.78 is 5.24. The molecule has 1 atom stereocenters. The van der Waals surface area contributed by atoms with Gasteiger partial charge in [-0.15, -0.1) is 0 Å². The summed E-state index contributed by atoms with van der Waals surface area (Å²) in [5.41, 5.74) is 0. The first-order valence-corrected chi connectivity index (χ1v) is 7.82. The third-order valence-electron chi connectivity index (χ3n) is 3.00. The van der Waals surface area contributed by atoms with Crippen molar-refractivity contribution in [3.05, 3.63) is 0 Å². The van der Waals surface area contributed by atoms with Crippen molar-refractivity contribution in [1.29, 1.82) is 0 Å². The van der Waals surface area contributed by atoms with Crippen LogP contribution in [0.2, 0.25) is 0 Å². The Bertz CT molecular complexity index is 162. The highest BCUT2D eigenvalue weighted by Gasteiger charge is 2.20. The molecule has 0 aromatic carbocycles. The number of nitrogens with one attached hydrogen (secondary N) is 1. The molecule has 0 aromatic rings. The zero-order chi connectivity index (χ0) is 11.6. The van der Waals surface area contributed by atoms with Crippen molar-refractivity contribution >= 4 is 11.8 Å². The fourth-order valence-electron chi connectivity index (χ4n) is 1.77. The summed E-state index contributed by atoms with van der Waals surface area (Å²) in [4.78, 5) is 0. The van der Waals surface area contributed by atoms with Crippen LogP contribution in [-0.2, 0) is 4.74 Å². The minimum absolute atomic E-state index is 0.562. The summed E-state index contributed by atoms with van der Waals surface area (Å²) in [6.07, 6.45) is 6.78. The lowest BCUT2D eigenvalue weighted by atomic mass is 10.1. The fraction of sp³-hybridized carbons (Fsp3) is 1.00. The molecule has 0 radical (unpaired) electrons. The van der Waals surface area contributed by atoms with E-state index in [2.05, 4.69) is 24.0 Å². The van der Waals surface area contributed by atoms with Crippen molar-refractivity contribution in [3.8, 4) is 0 Å². The van der Waals surface area contributed by atoms with Crippen LogP contribution in [0.4, 0.5) is 0 Å². The van der Waals surface area contributed by atoms with Gasteiger partial charge in [0.15, 0.2) is 0 Å². The number of rotatable bonds is 11. The normalized spacial score (nSPS) is 17.6. The van der Waals surface area contributed by atoms with E-state index in [9.17, 15) is 0 Å². The number of ether oxygens (including phenoxy) is 1. The van der Waals surface area contributed by atoms with E-state index < -0.39 is 0 Å². The molecule has 1 N–H and O–H groups in total. The monoisotopic (exact) mass is 245 g/mol. The van der Waals surface area contributed by atoms with Crippen LogP contribution >= 0.6 is 11.8 Å². The van der Waals surface area contributed by atoms with Crippen molar-refractivity contribution in [2.75, 3.05) is 31.8 Å². The molecule has 0 aliphatic heterocycles. The first-order chi connectivity index (χ1) is 7.86. The Morgan fingerprint density at radius 3 is 2.88 bits per heavy atom. The Kier molecular flexibility index (Phi) is 8.34. The molecule has 1 saturated carbocycles. The van der Waals surface area contributed by atoms with Gasteiger partial charge in [0.05, 0.1) is 6.61 Å². The molecular weight excluding hydrogens is 218 g/mol. The van der Waals surface area contributed by atoms with Gasteiger partial charge in [-0.25, -0.2) is 0 Å². The standard InChI is InChI=1S/C13H27NOS/c1-3-4-5-13(10-15-2)14-8-9-16-11-12-6-7-12/h12-14H,3-11H2,1-2H3. The van der Waals surface area contributed by atoms with Crippen LogP contribution in [0.15, 0.2) is 0 Å². The second-order valence-corrected chi connectivity index (χ2v) is 5.92. The van der Waals surface area contributed by atoms with Crippen LogP contribution in [0.25, 0.3) is 0 Å². The van der Waals surface area contributed by atoms with E-state index >= 15 is 0 Å². The predicted molar refractivity (Wildman–Crippen MR) is 73.2 cm³/mol. The number of methoxy groups -OCH3 is 1. The molecule has 2 nitrogen and oxygen atoms in total.